The first-order valence-corrected chi connectivity index (χ1v) is 7.22. The molecule has 3 rings (SSSR count). The molecule has 0 saturated carbocycles. The molecule has 0 atom stereocenters. The summed E-state index contributed by atoms with van der Waals surface area (Å²) < 4.78 is 5.07. The first-order valence-electron chi connectivity index (χ1n) is 7.22. The number of hydrogen-bond donors (Lipinski definition) is 3. The van der Waals surface area contributed by atoms with Gasteiger partial charge in [0.05, 0.1) is 23.3 Å². The van der Waals surface area contributed by atoms with Crippen LogP contribution in [0, 0.1) is 0 Å². The van der Waals surface area contributed by atoms with Gasteiger partial charge in [-0.25, -0.2) is 4.79 Å². The second kappa shape index (κ2) is 6.04. The van der Waals surface area contributed by atoms with E-state index < -0.39 is 17.3 Å². The molecule has 0 fully saturated rings. The summed E-state index contributed by atoms with van der Waals surface area (Å²) in [5.41, 5.74) is 0.173. The molecule has 3 aromatic rings. The van der Waals surface area contributed by atoms with Crippen molar-refractivity contribution in [3.63, 3.8) is 0 Å². The number of nitrogens with zero attached hydrogens (tertiary/aromatic N) is 1. The Hall–Kier alpha value is -3.35. The number of phenols is 2. The van der Waals surface area contributed by atoms with Crippen molar-refractivity contribution in [3.8, 4) is 22.8 Å². The summed E-state index contributed by atoms with van der Waals surface area (Å²) in [6.45, 7) is 1.79. The first kappa shape index (κ1) is 15.5. The lowest BCUT2D eigenvalue weighted by atomic mass is 9.99. The maximum absolute atomic E-state index is 12.5. The zero-order valence-electron chi connectivity index (χ0n) is 12.7. The zero-order chi connectivity index (χ0) is 17.3. The van der Waals surface area contributed by atoms with E-state index in [0.717, 1.165) is 6.07 Å². The van der Waals surface area contributed by atoms with Crippen molar-refractivity contribution >= 4 is 16.7 Å². The molecule has 0 bridgehead atoms. The van der Waals surface area contributed by atoms with Gasteiger partial charge in [-0.05, 0) is 25.1 Å². The second-order valence-electron chi connectivity index (χ2n) is 5.05. The number of phenolic OH excluding ortho intramolecular Hbond substituents is 2. The van der Waals surface area contributed by atoms with E-state index in [2.05, 4.69) is 9.97 Å². The minimum atomic E-state index is -0.678. The number of aromatic hydroxyl groups is 2. The highest BCUT2D eigenvalue weighted by molar-refractivity contribution is 6.10. The van der Waals surface area contributed by atoms with Crippen LogP contribution in [0.15, 0.2) is 41.5 Å². The van der Waals surface area contributed by atoms with Gasteiger partial charge >= 0.3 is 5.97 Å². The second-order valence-corrected chi connectivity index (χ2v) is 5.05. The standard InChI is InChI=1S/C17H14N2O5/c1-2-24-17(23)14-11-6-10(20)7-12(21)13(11)16(22)19-15(14)9-4-3-5-18-8-9/h3-8,20-21H,2H2,1H3,(H,19,22). The Morgan fingerprint density at radius 1 is 1.33 bits per heavy atom. The largest absolute Gasteiger partial charge is 0.508 e. The van der Waals surface area contributed by atoms with Gasteiger partial charge in [0, 0.05) is 29.4 Å². The molecule has 0 spiro atoms. The van der Waals surface area contributed by atoms with Crippen LogP contribution in [-0.2, 0) is 4.74 Å². The van der Waals surface area contributed by atoms with Gasteiger partial charge in [-0.3, -0.25) is 9.78 Å². The number of pyridine rings is 2. The summed E-state index contributed by atoms with van der Waals surface area (Å²) in [6, 6.07) is 5.62. The van der Waals surface area contributed by atoms with Gasteiger partial charge in [-0.15, -0.1) is 0 Å². The zero-order valence-corrected chi connectivity index (χ0v) is 12.7. The molecule has 122 valence electrons. The third-order valence-corrected chi connectivity index (χ3v) is 3.52. The van der Waals surface area contributed by atoms with Gasteiger partial charge in [0.2, 0.25) is 0 Å². The third kappa shape index (κ3) is 2.56. The van der Waals surface area contributed by atoms with Crippen LogP contribution in [-0.4, -0.2) is 32.8 Å². The fourth-order valence-corrected chi connectivity index (χ4v) is 2.56. The number of hydrogen-bond acceptors (Lipinski definition) is 6. The molecular weight excluding hydrogens is 312 g/mol. The van der Waals surface area contributed by atoms with Crippen LogP contribution in [0.5, 0.6) is 11.5 Å². The molecule has 0 amide bonds. The predicted octanol–water partition coefficient (Wildman–Crippen LogP) is 2.18. The molecule has 0 unspecified atom stereocenters. The number of carbonyl (C=O) groups is 1. The van der Waals surface area contributed by atoms with E-state index in [4.69, 9.17) is 4.74 Å². The lowest BCUT2D eigenvalue weighted by molar-refractivity contribution is 0.0529. The lowest BCUT2D eigenvalue weighted by Gasteiger charge is -2.13. The molecule has 7 nitrogen and oxygen atoms in total. The summed E-state index contributed by atoms with van der Waals surface area (Å²) >= 11 is 0. The van der Waals surface area contributed by atoms with Crippen LogP contribution < -0.4 is 5.56 Å². The maximum atomic E-state index is 12.5. The summed E-state index contributed by atoms with van der Waals surface area (Å²) in [5, 5.41) is 19.8. The van der Waals surface area contributed by atoms with E-state index >= 15 is 0 Å². The van der Waals surface area contributed by atoms with Gasteiger partial charge in [0.15, 0.2) is 0 Å². The Bertz CT molecular complexity index is 980. The highest BCUT2D eigenvalue weighted by Crippen LogP contribution is 2.33. The number of benzene rings is 1. The van der Waals surface area contributed by atoms with Crippen LogP contribution >= 0.6 is 0 Å². The van der Waals surface area contributed by atoms with Crippen molar-refractivity contribution in [3.05, 3.63) is 52.6 Å². The number of esters is 1. The summed E-state index contributed by atoms with van der Waals surface area (Å²) in [5.74, 6) is -1.37. The summed E-state index contributed by atoms with van der Waals surface area (Å²) in [4.78, 5) is 31.4. The van der Waals surface area contributed by atoms with Gasteiger partial charge < -0.3 is 19.9 Å². The SMILES string of the molecule is CCOC(=O)c1c(-c2cccnc2)[nH]c(=O)c2c(O)cc(O)cc12. The van der Waals surface area contributed by atoms with Gasteiger partial charge in [-0.1, -0.05) is 0 Å². The van der Waals surface area contributed by atoms with Crippen molar-refractivity contribution in [1.29, 1.82) is 0 Å². The van der Waals surface area contributed by atoms with Crippen LogP contribution in [0.2, 0.25) is 0 Å². The number of fused-ring (bicyclic) bond motifs is 1. The Balaban J connectivity index is 2.46. The van der Waals surface area contributed by atoms with Crippen molar-refractivity contribution in [1.82, 2.24) is 9.97 Å². The summed E-state index contributed by atoms with van der Waals surface area (Å²) in [6.07, 6.45) is 3.05. The molecular formula is C17H14N2O5. The van der Waals surface area contributed by atoms with E-state index in [1.165, 1.54) is 12.3 Å². The van der Waals surface area contributed by atoms with Crippen LogP contribution in [0.25, 0.3) is 22.0 Å². The molecule has 2 heterocycles. The molecule has 3 N–H and O–H groups in total. The molecule has 0 aliphatic heterocycles. The molecule has 0 radical (unpaired) electrons. The Labute approximate surface area is 136 Å². The highest BCUT2D eigenvalue weighted by Gasteiger charge is 2.22. The Morgan fingerprint density at radius 3 is 2.79 bits per heavy atom. The van der Waals surface area contributed by atoms with Crippen molar-refractivity contribution in [2.75, 3.05) is 6.61 Å². The fourth-order valence-electron chi connectivity index (χ4n) is 2.56. The average Bonchev–Trinajstić information content (AvgIpc) is 2.54. The normalized spacial score (nSPS) is 10.7. The number of aromatic nitrogens is 2. The molecule has 24 heavy (non-hydrogen) atoms. The maximum Gasteiger partial charge on any atom is 0.340 e. The van der Waals surface area contributed by atoms with Crippen molar-refractivity contribution in [2.45, 2.75) is 6.92 Å². The van der Waals surface area contributed by atoms with Crippen molar-refractivity contribution in [2.24, 2.45) is 0 Å². The Kier molecular flexibility index (Phi) is 3.91. The molecule has 1 aromatic carbocycles. The highest BCUT2D eigenvalue weighted by atomic mass is 16.5. The minimum Gasteiger partial charge on any atom is -0.508 e. The Morgan fingerprint density at radius 2 is 2.12 bits per heavy atom. The first-order chi connectivity index (χ1) is 11.5. The number of H-pyrrole nitrogens is 1. The molecule has 2 aromatic heterocycles. The lowest BCUT2D eigenvalue weighted by Crippen LogP contribution is -2.16. The average molecular weight is 326 g/mol. The van der Waals surface area contributed by atoms with Gasteiger partial charge in [0.1, 0.15) is 11.5 Å². The number of ether oxygens (including phenoxy) is 1. The van der Waals surface area contributed by atoms with E-state index in [1.54, 1.807) is 25.3 Å². The minimum absolute atomic E-state index is 0.0469. The van der Waals surface area contributed by atoms with E-state index in [0.29, 0.717) is 5.56 Å². The van der Waals surface area contributed by atoms with Crippen LogP contribution in [0.1, 0.15) is 17.3 Å². The van der Waals surface area contributed by atoms with Crippen molar-refractivity contribution < 1.29 is 19.7 Å². The number of nitrogens with one attached hydrogen (secondary N) is 1. The monoisotopic (exact) mass is 326 g/mol. The van der Waals surface area contributed by atoms with Gasteiger partial charge in [0.25, 0.3) is 5.56 Å². The van der Waals surface area contributed by atoms with Crippen LogP contribution in [0.4, 0.5) is 0 Å². The molecule has 7 heteroatoms. The number of aromatic amines is 1. The van der Waals surface area contributed by atoms with Crippen LogP contribution in [0.3, 0.4) is 0 Å². The predicted molar refractivity (Wildman–Crippen MR) is 87.1 cm³/mol. The smallest absolute Gasteiger partial charge is 0.340 e. The quantitative estimate of drug-likeness (QED) is 0.636. The topological polar surface area (TPSA) is 113 Å². The van der Waals surface area contributed by atoms with E-state index in [9.17, 15) is 19.8 Å². The van der Waals surface area contributed by atoms with E-state index in [-0.39, 0.29) is 34.4 Å². The third-order valence-electron chi connectivity index (χ3n) is 3.52. The van der Waals surface area contributed by atoms with Gasteiger partial charge in [-0.2, -0.15) is 0 Å². The van der Waals surface area contributed by atoms with E-state index in [1.807, 2.05) is 0 Å². The fraction of sp³-hybridized carbons (Fsp3) is 0.118. The molecule has 0 aliphatic rings. The number of rotatable bonds is 3. The number of carbonyl (C=O) groups excluding carboxylic acids is 1. The molecule has 0 aliphatic carbocycles. The molecule has 0 saturated heterocycles. The summed E-state index contributed by atoms with van der Waals surface area (Å²) in [7, 11) is 0.